The number of benzene rings is 4. The summed E-state index contributed by atoms with van der Waals surface area (Å²) in [6, 6.07) is 29.0. The van der Waals surface area contributed by atoms with Gasteiger partial charge in [-0.25, -0.2) is 8.42 Å². The van der Waals surface area contributed by atoms with E-state index in [9.17, 15) is 18.3 Å². The van der Waals surface area contributed by atoms with E-state index in [-0.39, 0.29) is 35.7 Å². The summed E-state index contributed by atoms with van der Waals surface area (Å²) in [7, 11) is -4.01. The number of fused-ring (bicyclic) bond motifs is 1. The van der Waals surface area contributed by atoms with Crippen molar-refractivity contribution in [3.05, 3.63) is 126 Å². The van der Waals surface area contributed by atoms with Crippen LogP contribution in [-0.2, 0) is 29.6 Å². The summed E-state index contributed by atoms with van der Waals surface area (Å²) in [5.74, 6) is 0.333. The Bertz CT molecular complexity index is 1860. The number of hydrogen-bond acceptors (Lipinski definition) is 7. The molecule has 4 N–H and O–H groups in total. The predicted molar refractivity (Wildman–Crippen MR) is 169 cm³/mol. The van der Waals surface area contributed by atoms with Crippen LogP contribution in [0.15, 0.2) is 112 Å². The van der Waals surface area contributed by atoms with Gasteiger partial charge in [-0.15, -0.1) is 0 Å². The first kappa shape index (κ1) is 29.9. The lowest BCUT2D eigenvalue weighted by Gasteiger charge is -2.24. The zero-order chi connectivity index (χ0) is 30.4. The van der Waals surface area contributed by atoms with E-state index in [1.807, 2.05) is 24.3 Å². The van der Waals surface area contributed by atoms with Crippen molar-refractivity contribution in [2.45, 2.75) is 24.5 Å². The van der Waals surface area contributed by atoms with Crippen molar-refractivity contribution in [1.82, 2.24) is 5.32 Å². The Kier molecular flexibility index (Phi) is 9.17. The van der Waals surface area contributed by atoms with Gasteiger partial charge in [0, 0.05) is 17.9 Å². The van der Waals surface area contributed by atoms with Crippen LogP contribution in [0.1, 0.15) is 27.4 Å². The summed E-state index contributed by atoms with van der Waals surface area (Å²) in [4.78, 5) is 12.9. The van der Waals surface area contributed by atoms with Gasteiger partial charge in [0.15, 0.2) is 5.11 Å². The van der Waals surface area contributed by atoms with E-state index in [0.717, 1.165) is 16.3 Å². The fraction of sp³-hybridized carbons (Fsp3) is 0.125. The molecule has 0 bridgehead atoms. The Morgan fingerprint density at radius 3 is 2.23 bits per heavy atom. The number of sulfonamides is 1. The van der Waals surface area contributed by atoms with Crippen LogP contribution < -0.4 is 14.9 Å². The van der Waals surface area contributed by atoms with Crippen LogP contribution in [0.4, 0.5) is 11.4 Å². The maximum Gasteiger partial charge on any atom is 0.264 e. The number of carbonyl (C=O) groups excluding carboxylic acids is 1. The van der Waals surface area contributed by atoms with Crippen molar-refractivity contribution in [2.24, 2.45) is 0 Å². The highest BCUT2D eigenvalue weighted by Gasteiger charge is 2.26. The van der Waals surface area contributed by atoms with Gasteiger partial charge in [0.25, 0.3) is 15.9 Å². The van der Waals surface area contributed by atoms with Gasteiger partial charge in [-0.1, -0.05) is 42.5 Å². The summed E-state index contributed by atoms with van der Waals surface area (Å²) in [5.41, 5.74) is 2.38. The molecule has 0 fully saturated rings. The topological polar surface area (TPSA) is 132 Å². The Morgan fingerprint density at radius 1 is 0.837 bits per heavy atom. The second-order valence-corrected chi connectivity index (χ2v) is 11.9. The highest BCUT2D eigenvalue weighted by Crippen LogP contribution is 2.27. The molecule has 11 heteroatoms. The van der Waals surface area contributed by atoms with Gasteiger partial charge >= 0.3 is 0 Å². The molecule has 0 spiro atoms. The van der Waals surface area contributed by atoms with Crippen LogP contribution in [0, 0.1) is 0 Å². The van der Waals surface area contributed by atoms with Crippen LogP contribution in [0.3, 0.4) is 0 Å². The van der Waals surface area contributed by atoms with Crippen molar-refractivity contribution in [3.8, 4) is 0 Å². The molecule has 5 rings (SSSR count). The van der Waals surface area contributed by atoms with E-state index in [0.29, 0.717) is 34.9 Å². The Labute approximate surface area is 254 Å². The third-order valence-electron chi connectivity index (χ3n) is 6.71. The molecule has 0 radical (unpaired) electrons. The van der Waals surface area contributed by atoms with E-state index in [1.54, 1.807) is 66.7 Å². The fourth-order valence-corrected chi connectivity index (χ4v) is 6.18. The first-order valence-electron chi connectivity index (χ1n) is 13.4. The highest BCUT2D eigenvalue weighted by molar-refractivity contribution is 7.92. The SMILES string of the molecule is O=C(NC(=S)Nc1ccc(S(=O)(=O)N(Cc2ccc(CO)o2)c2ccccc2)cc1)c1ccc2cc(CCO)ccc2c1. The van der Waals surface area contributed by atoms with Crippen molar-refractivity contribution in [2.75, 3.05) is 16.2 Å². The lowest BCUT2D eigenvalue weighted by molar-refractivity contribution is 0.0978. The van der Waals surface area contributed by atoms with Crippen molar-refractivity contribution >= 4 is 55.4 Å². The third kappa shape index (κ3) is 7.09. The van der Waals surface area contributed by atoms with Crippen molar-refractivity contribution in [3.63, 3.8) is 0 Å². The Hall–Kier alpha value is -4.55. The molecule has 0 saturated carbocycles. The Morgan fingerprint density at radius 2 is 1.53 bits per heavy atom. The van der Waals surface area contributed by atoms with Crippen LogP contribution in [0.25, 0.3) is 10.8 Å². The maximum atomic E-state index is 13.7. The molecular formula is C32H29N3O6S2. The molecule has 0 saturated heterocycles. The number of thiocarbonyl (C=S) groups is 1. The molecule has 0 aliphatic heterocycles. The first-order valence-corrected chi connectivity index (χ1v) is 15.2. The number of hydrogen-bond donors (Lipinski definition) is 4. The average molecular weight is 616 g/mol. The van der Waals surface area contributed by atoms with Crippen molar-refractivity contribution in [1.29, 1.82) is 0 Å². The van der Waals surface area contributed by atoms with Crippen LogP contribution in [-0.4, -0.2) is 36.3 Å². The van der Waals surface area contributed by atoms with E-state index >= 15 is 0 Å². The second kappa shape index (κ2) is 13.2. The molecule has 0 aliphatic carbocycles. The Balaban J connectivity index is 1.27. The lowest BCUT2D eigenvalue weighted by atomic mass is 10.0. The summed E-state index contributed by atoms with van der Waals surface area (Å²) < 4.78 is 34.2. The molecule has 9 nitrogen and oxygen atoms in total. The minimum Gasteiger partial charge on any atom is -0.462 e. The standard InChI is InChI=1S/C32H29N3O6S2/c36-17-16-22-6-7-24-19-25(9-8-23(24)18-22)31(38)34-32(42)33-26-10-14-30(15-11-26)43(39,40)35(27-4-2-1-3-5-27)20-28-12-13-29(21-37)41-28/h1-15,18-19,36-37H,16-17,20-21H2,(H2,33,34,38,42). The molecule has 1 aromatic heterocycles. The fourth-order valence-electron chi connectivity index (χ4n) is 4.54. The number of aliphatic hydroxyl groups excluding tert-OH is 2. The van der Waals surface area contributed by atoms with Gasteiger partial charge < -0.3 is 19.9 Å². The normalized spacial score (nSPS) is 11.3. The summed E-state index contributed by atoms with van der Waals surface area (Å²) in [6.45, 7) is -0.287. The van der Waals surface area contributed by atoms with Crippen LogP contribution in [0.2, 0.25) is 0 Å². The first-order chi connectivity index (χ1) is 20.8. The molecule has 4 aromatic carbocycles. The number of nitrogens with zero attached hydrogens (tertiary/aromatic N) is 1. The number of para-hydroxylation sites is 1. The van der Waals surface area contributed by atoms with E-state index in [4.69, 9.17) is 21.7 Å². The number of anilines is 2. The number of rotatable bonds is 10. The number of aliphatic hydroxyl groups is 2. The smallest absolute Gasteiger partial charge is 0.264 e. The van der Waals surface area contributed by atoms with Gasteiger partial charge in [-0.2, -0.15) is 0 Å². The third-order valence-corrected chi connectivity index (χ3v) is 8.70. The lowest BCUT2D eigenvalue weighted by Crippen LogP contribution is -2.34. The predicted octanol–water partition coefficient (Wildman–Crippen LogP) is 4.98. The molecule has 0 atom stereocenters. The molecule has 1 amide bonds. The van der Waals surface area contributed by atoms with Crippen LogP contribution in [0.5, 0.6) is 0 Å². The van der Waals surface area contributed by atoms with Gasteiger partial charge in [0.2, 0.25) is 0 Å². The second-order valence-electron chi connectivity index (χ2n) is 9.68. The zero-order valence-corrected chi connectivity index (χ0v) is 24.6. The number of furan rings is 1. The zero-order valence-electron chi connectivity index (χ0n) is 22.9. The number of nitrogens with one attached hydrogen (secondary N) is 2. The molecule has 0 unspecified atom stereocenters. The number of carbonyl (C=O) groups is 1. The van der Waals surface area contributed by atoms with E-state index in [2.05, 4.69) is 10.6 Å². The number of amides is 1. The van der Waals surface area contributed by atoms with Crippen LogP contribution >= 0.6 is 12.2 Å². The molecule has 43 heavy (non-hydrogen) atoms. The molecular weight excluding hydrogens is 587 g/mol. The monoisotopic (exact) mass is 615 g/mol. The largest absolute Gasteiger partial charge is 0.462 e. The van der Waals surface area contributed by atoms with E-state index in [1.165, 1.54) is 16.4 Å². The van der Waals surface area contributed by atoms with E-state index < -0.39 is 10.0 Å². The molecule has 5 aromatic rings. The highest BCUT2D eigenvalue weighted by atomic mass is 32.2. The van der Waals surface area contributed by atoms with Gasteiger partial charge in [0.1, 0.15) is 18.1 Å². The molecule has 220 valence electrons. The molecule has 1 heterocycles. The minimum atomic E-state index is -4.01. The van der Waals surface area contributed by atoms with Gasteiger partial charge in [-0.3, -0.25) is 14.4 Å². The van der Waals surface area contributed by atoms with Gasteiger partial charge in [-0.05, 0) is 95.6 Å². The molecule has 0 aliphatic rings. The minimum absolute atomic E-state index is 0.0455. The average Bonchev–Trinajstić information content (AvgIpc) is 3.48. The summed E-state index contributed by atoms with van der Waals surface area (Å²) in [6.07, 6.45) is 0.563. The quantitative estimate of drug-likeness (QED) is 0.162. The maximum absolute atomic E-state index is 13.7. The summed E-state index contributed by atoms with van der Waals surface area (Å²) in [5, 5.41) is 26.0. The van der Waals surface area contributed by atoms with Gasteiger partial charge in [0.05, 0.1) is 17.1 Å². The van der Waals surface area contributed by atoms with Crippen molar-refractivity contribution < 1.29 is 27.8 Å². The summed E-state index contributed by atoms with van der Waals surface area (Å²) >= 11 is 5.33.